The summed E-state index contributed by atoms with van der Waals surface area (Å²) < 4.78 is 4.88. The standard InChI is InChI=1S/C18H24N4O2/c1-15-4-3-5-17(12-15)22-9-7-21(8-10-22)14-16(13-19)18(23)20-6-11-24-2/h3-5,12,14H,6-11H2,1-2H3,(H,20,23)/b16-14-. The van der Waals surface area contributed by atoms with E-state index in [1.165, 1.54) is 11.3 Å². The Bertz CT molecular complexity index is 628. The van der Waals surface area contributed by atoms with Crippen molar-refractivity contribution in [2.24, 2.45) is 0 Å². The number of rotatable bonds is 6. The van der Waals surface area contributed by atoms with Gasteiger partial charge in [0, 0.05) is 51.7 Å². The van der Waals surface area contributed by atoms with Crippen molar-refractivity contribution in [3.05, 3.63) is 41.6 Å². The van der Waals surface area contributed by atoms with Crippen LogP contribution < -0.4 is 10.2 Å². The van der Waals surface area contributed by atoms with Gasteiger partial charge in [-0.15, -0.1) is 0 Å². The first kappa shape index (κ1) is 17.8. The summed E-state index contributed by atoms with van der Waals surface area (Å²) in [6.07, 6.45) is 1.66. The van der Waals surface area contributed by atoms with Crippen LogP contribution >= 0.6 is 0 Å². The van der Waals surface area contributed by atoms with Crippen LogP contribution in [0.1, 0.15) is 5.56 Å². The van der Waals surface area contributed by atoms with Gasteiger partial charge in [-0.05, 0) is 24.6 Å². The van der Waals surface area contributed by atoms with Gasteiger partial charge in [-0.25, -0.2) is 0 Å². The molecule has 0 radical (unpaired) electrons. The van der Waals surface area contributed by atoms with Crippen molar-refractivity contribution in [2.75, 3.05) is 51.3 Å². The average Bonchev–Trinajstić information content (AvgIpc) is 2.60. The average molecular weight is 328 g/mol. The molecule has 0 spiro atoms. The second-order valence-electron chi connectivity index (χ2n) is 5.77. The molecule has 1 fully saturated rings. The molecule has 0 aromatic heterocycles. The molecule has 6 heteroatoms. The van der Waals surface area contributed by atoms with Crippen molar-refractivity contribution in [3.8, 4) is 6.07 Å². The fraction of sp³-hybridized carbons (Fsp3) is 0.444. The highest BCUT2D eigenvalue weighted by molar-refractivity contribution is 5.97. The van der Waals surface area contributed by atoms with Crippen molar-refractivity contribution in [1.82, 2.24) is 10.2 Å². The van der Waals surface area contributed by atoms with Gasteiger partial charge in [0.15, 0.2) is 0 Å². The van der Waals surface area contributed by atoms with Crippen molar-refractivity contribution in [3.63, 3.8) is 0 Å². The van der Waals surface area contributed by atoms with E-state index >= 15 is 0 Å². The molecule has 1 amide bonds. The minimum absolute atomic E-state index is 0.134. The second kappa shape index (κ2) is 8.94. The fourth-order valence-electron chi connectivity index (χ4n) is 2.62. The maximum absolute atomic E-state index is 12.0. The summed E-state index contributed by atoms with van der Waals surface area (Å²) in [6, 6.07) is 10.4. The van der Waals surface area contributed by atoms with Gasteiger partial charge < -0.3 is 19.9 Å². The smallest absolute Gasteiger partial charge is 0.263 e. The van der Waals surface area contributed by atoms with Crippen LogP contribution in [0.2, 0.25) is 0 Å². The second-order valence-corrected chi connectivity index (χ2v) is 5.77. The number of carbonyl (C=O) groups excluding carboxylic acids is 1. The molecule has 6 nitrogen and oxygen atoms in total. The molecule has 128 valence electrons. The number of piperazine rings is 1. The lowest BCUT2D eigenvalue weighted by Crippen LogP contribution is -2.44. The van der Waals surface area contributed by atoms with Crippen LogP contribution in [0.3, 0.4) is 0 Å². The Kier molecular flexibility index (Phi) is 6.64. The Morgan fingerprint density at radius 2 is 2.12 bits per heavy atom. The number of benzene rings is 1. The van der Waals surface area contributed by atoms with E-state index < -0.39 is 0 Å². The van der Waals surface area contributed by atoms with Crippen LogP contribution in [-0.2, 0) is 9.53 Å². The molecule has 1 N–H and O–H groups in total. The normalized spacial score (nSPS) is 15.1. The number of aryl methyl sites for hydroxylation is 1. The molecule has 1 heterocycles. The van der Waals surface area contributed by atoms with Crippen molar-refractivity contribution in [1.29, 1.82) is 5.26 Å². The van der Waals surface area contributed by atoms with Crippen LogP contribution in [-0.4, -0.2) is 57.2 Å². The first-order chi connectivity index (χ1) is 11.6. The molecule has 0 unspecified atom stereocenters. The van der Waals surface area contributed by atoms with Crippen LogP contribution in [0.15, 0.2) is 36.0 Å². The molecule has 0 aliphatic carbocycles. The van der Waals surface area contributed by atoms with Crippen molar-refractivity contribution in [2.45, 2.75) is 6.92 Å². The van der Waals surface area contributed by atoms with Gasteiger partial charge in [0.2, 0.25) is 0 Å². The quantitative estimate of drug-likeness (QED) is 0.484. The van der Waals surface area contributed by atoms with Crippen LogP contribution in [0.5, 0.6) is 0 Å². The van der Waals surface area contributed by atoms with E-state index in [2.05, 4.69) is 41.4 Å². The van der Waals surface area contributed by atoms with Gasteiger partial charge >= 0.3 is 0 Å². The molecule has 2 rings (SSSR count). The summed E-state index contributed by atoms with van der Waals surface area (Å²) in [5.74, 6) is -0.351. The third-order valence-corrected chi connectivity index (χ3v) is 3.95. The first-order valence-corrected chi connectivity index (χ1v) is 8.08. The Balaban J connectivity index is 1.90. The summed E-state index contributed by atoms with van der Waals surface area (Å²) in [5.41, 5.74) is 2.60. The van der Waals surface area contributed by atoms with Crippen LogP contribution in [0.4, 0.5) is 5.69 Å². The zero-order chi connectivity index (χ0) is 17.4. The zero-order valence-corrected chi connectivity index (χ0v) is 14.3. The highest BCUT2D eigenvalue weighted by Crippen LogP contribution is 2.18. The molecule has 0 saturated carbocycles. The molecule has 1 saturated heterocycles. The highest BCUT2D eigenvalue weighted by atomic mass is 16.5. The topological polar surface area (TPSA) is 68.6 Å². The van der Waals surface area contributed by atoms with E-state index in [1.807, 2.05) is 11.0 Å². The number of amides is 1. The van der Waals surface area contributed by atoms with E-state index in [1.54, 1.807) is 13.3 Å². The van der Waals surface area contributed by atoms with Gasteiger partial charge in [0.1, 0.15) is 11.6 Å². The predicted molar refractivity (Wildman–Crippen MR) is 93.5 cm³/mol. The summed E-state index contributed by atoms with van der Waals surface area (Å²) in [7, 11) is 1.57. The third-order valence-electron chi connectivity index (χ3n) is 3.95. The molecular weight excluding hydrogens is 304 g/mol. The minimum Gasteiger partial charge on any atom is -0.383 e. The van der Waals surface area contributed by atoms with Gasteiger partial charge in [-0.1, -0.05) is 12.1 Å². The number of nitrogens with zero attached hydrogens (tertiary/aromatic N) is 3. The number of ether oxygens (including phenoxy) is 1. The number of hydrogen-bond acceptors (Lipinski definition) is 5. The minimum atomic E-state index is -0.351. The lowest BCUT2D eigenvalue weighted by atomic mass is 10.2. The monoisotopic (exact) mass is 328 g/mol. The zero-order valence-electron chi connectivity index (χ0n) is 14.3. The molecule has 1 aromatic carbocycles. The maximum atomic E-state index is 12.0. The number of methoxy groups -OCH3 is 1. The van der Waals surface area contributed by atoms with Crippen LogP contribution in [0, 0.1) is 18.3 Å². The number of nitrogens with one attached hydrogen (secondary N) is 1. The molecule has 1 aromatic rings. The van der Waals surface area contributed by atoms with Gasteiger partial charge in [0.05, 0.1) is 6.61 Å². The van der Waals surface area contributed by atoms with E-state index in [4.69, 9.17) is 4.74 Å². The predicted octanol–water partition coefficient (Wildman–Crippen LogP) is 1.29. The first-order valence-electron chi connectivity index (χ1n) is 8.08. The largest absolute Gasteiger partial charge is 0.383 e. The Morgan fingerprint density at radius 1 is 1.38 bits per heavy atom. The molecule has 1 aliphatic rings. The van der Waals surface area contributed by atoms with Crippen LogP contribution in [0.25, 0.3) is 0 Å². The van der Waals surface area contributed by atoms with Crippen molar-refractivity contribution < 1.29 is 9.53 Å². The van der Waals surface area contributed by atoms with E-state index in [0.29, 0.717) is 13.2 Å². The molecule has 0 bridgehead atoms. The highest BCUT2D eigenvalue weighted by Gasteiger charge is 2.17. The SMILES string of the molecule is COCCNC(=O)/C(C#N)=C\N1CCN(c2cccc(C)c2)CC1. The molecule has 24 heavy (non-hydrogen) atoms. The van der Waals surface area contributed by atoms with E-state index in [9.17, 15) is 10.1 Å². The number of carbonyl (C=O) groups is 1. The molecule has 0 atom stereocenters. The summed E-state index contributed by atoms with van der Waals surface area (Å²) in [4.78, 5) is 16.3. The van der Waals surface area contributed by atoms with Gasteiger partial charge in [-0.3, -0.25) is 4.79 Å². The Morgan fingerprint density at radius 3 is 2.75 bits per heavy atom. The summed E-state index contributed by atoms with van der Waals surface area (Å²) in [6.45, 7) is 6.21. The lowest BCUT2D eigenvalue weighted by molar-refractivity contribution is -0.117. The van der Waals surface area contributed by atoms with E-state index in [0.717, 1.165) is 26.2 Å². The summed E-state index contributed by atoms with van der Waals surface area (Å²) in [5, 5.41) is 11.9. The lowest BCUT2D eigenvalue weighted by Gasteiger charge is -2.35. The maximum Gasteiger partial charge on any atom is 0.263 e. The molecule has 1 aliphatic heterocycles. The number of hydrogen-bond donors (Lipinski definition) is 1. The Labute approximate surface area is 143 Å². The van der Waals surface area contributed by atoms with E-state index in [-0.39, 0.29) is 11.5 Å². The Hall–Kier alpha value is -2.52. The number of anilines is 1. The fourth-order valence-corrected chi connectivity index (χ4v) is 2.62. The summed E-state index contributed by atoms with van der Waals surface area (Å²) >= 11 is 0. The third kappa shape index (κ3) is 5.00. The molecular formula is C18H24N4O2. The van der Waals surface area contributed by atoms with Gasteiger partial charge in [0.25, 0.3) is 5.91 Å². The van der Waals surface area contributed by atoms with Gasteiger partial charge in [-0.2, -0.15) is 5.26 Å². The van der Waals surface area contributed by atoms with Crippen molar-refractivity contribution >= 4 is 11.6 Å². The number of nitriles is 1.